The smallest absolute Gasteiger partial charge is 0.254 e. The Kier molecular flexibility index (Phi) is 6.80. The Morgan fingerprint density at radius 2 is 1.76 bits per heavy atom. The fourth-order valence-corrected chi connectivity index (χ4v) is 7.27. The van der Waals surface area contributed by atoms with Crippen molar-refractivity contribution in [3.05, 3.63) is 68.3 Å². The molecule has 0 spiro atoms. The molecule has 1 aromatic carbocycles. The van der Waals surface area contributed by atoms with Crippen molar-refractivity contribution in [2.75, 3.05) is 20.6 Å². The maximum Gasteiger partial charge on any atom is 0.254 e. The number of aryl methyl sites for hydroxylation is 3. The summed E-state index contributed by atoms with van der Waals surface area (Å²) in [5.74, 6) is 0.838. The van der Waals surface area contributed by atoms with Gasteiger partial charge in [-0.2, -0.15) is 0 Å². The minimum atomic E-state index is -0.788. The maximum atomic E-state index is 14.2. The van der Waals surface area contributed by atoms with Crippen LogP contribution in [0.2, 0.25) is 0 Å². The van der Waals surface area contributed by atoms with E-state index in [-0.39, 0.29) is 23.9 Å². The van der Waals surface area contributed by atoms with Crippen molar-refractivity contribution >= 4 is 5.91 Å². The topological polar surface area (TPSA) is 79.8 Å². The van der Waals surface area contributed by atoms with Gasteiger partial charge in [0.15, 0.2) is 11.5 Å². The third kappa shape index (κ3) is 4.56. The van der Waals surface area contributed by atoms with Gasteiger partial charge in [-0.15, -0.1) is 0 Å². The molecule has 8 heteroatoms. The third-order valence-electron chi connectivity index (χ3n) is 9.71. The van der Waals surface area contributed by atoms with Crippen LogP contribution < -0.4 is 15.0 Å². The summed E-state index contributed by atoms with van der Waals surface area (Å²) in [6.07, 6.45) is 6.98. The van der Waals surface area contributed by atoms with E-state index in [9.17, 15) is 9.59 Å². The van der Waals surface area contributed by atoms with E-state index in [2.05, 4.69) is 41.5 Å². The summed E-state index contributed by atoms with van der Waals surface area (Å²) in [5, 5.41) is 0. The van der Waals surface area contributed by atoms with Gasteiger partial charge >= 0.3 is 0 Å². The van der Waals surface area contributed by atoms with Crippen LogP contribution in [0.15, 0.2) is 29.2 Å². The Bertz CT molecular complexity index is 1580. The molecule has 4 heterocycles. The molecule has 1 saturated carbocycles. The number of amides is 1. The van der Waals surface area contributed by atoms with Crippen molar-refractivity contribution in [2.45, 2.75) is 78.2 Å². The van der Waals surface area contributed by atoms with Gasteiger partial charge in [0.2, 0.25) is 0 Å². The molecule has 218 valence electrons. The molecule has 1 atom stereocenters. The molecule has 1 fully saturated rings. The molecule has 0 radical (unpaired) electrons. The highest BCUT2D eigenvalue weighted by Crippen LogP contribution is 2.55. The van der Waals surface area contributed by atoms with Gasteiger partial charge in [-0.1, -0.05) is 0 Å². The fraction of sp³-hybridized carbons (Fsp3) is 0.515. The average Bonchev–Trinajstić information content (AvgIpc) is 3.51. The number of aromatic amines is 1. The van der Waals surface area contributed by atoms with Crippen LogP contribution in [0.4, 0.5) is 0 Å². The van der Waals surface area contributed by atoms with E-state index in [1.807, 2.05) is 46.1 Å². The van der Waals surface area contributed by atoms with Crippen LogP contribution in [0.1, 0.15) is 70.9 Å². The van der Waals surface area contributed by atoms with Gasteiger partial charge in [0.05, 0.1) is 17.8 Å². The van der Waals surface area contributed by atoms with E-state index in [4.69, 9.17) is 9.47 Å². The number of fused-ring (bicyclic) bond motifs is 2. The summed E-state index contributed by atoms with van der Waals surface area (Å²) in [7, 11) is 6.33. The zero-order valence-electron chi connectivity index (χ0n) is 25.4. The van der Waals surface area contributed by atoms with Gasteiger partial charge in [-0.3, -0.25) is 9.59 Å². The van der Waals surface area contributed by atoms with Gasteiger partial charge in [-0.05, 0) is 96.3 Å². The number of rotatable bonds is 5. The van der Waals surface area contributed by atoms with Crippen LogP contribution in [0, 0.1) is 26.7 Å². The fourth-order valence-electron chi connectivity index (χ4n) is 7.27. The van der Waals surface area contributed by atoms with Crippen LogP contribution in [-0.2, 0) is 20.0 Å². The number of carbonyl (C=O) groups is 1. The molecule has 6 rings (SSSR count). The monoisotopic (exact) mass is 558 g/mol. The zero-order chi connectivity index (χ0) is 29.2. The number of nitrogens with zero attached hydrogens (tertiary/aromatic N) is 3. The van der Waals surface area contributed by atoms with E-state index < -0.39 is 5.79 Å². The van der Waals surface area contributed by atoms with Crippen molar-refractivity contribution in [3.63, 3.8) is 0 Å². The Labute approximate surface area is 242 Å². The van der Waals surface area contributed by atoms with Crippen LogP contribution in [-0.4, -0.2) is 57.7 Å². The molecule has 41 heavy (non-hydrogen) atoms. The highest BCUT2D eigenvalue weighted by Gasteiger charge is 2.49. The van der Waals surface area contributed by atoms with Gasteiger partial charge in [-0.25, -0.2) is 0 Å². The van der Waals surface area contributed by atoms with Crippen LogP contribution in [0.5, 0.6) is 11.5 Å². The summed E-state index contributed by atoms with van der Waals surface area (Å²) in [6.45, 7) is 8.67. The predicted molar refractivity (Wildman–Crippen MR) is 160 cm³/mol. The Hall–Kier alpha value is -3.52. The highest BCUT2D eigenvalue weighted by atomic mass is 16.7. The van der Waals surface area contributed by atoms with Gasteiger partial charge in [0.1, 0.15) is 0 Å². The first-order valence-electron chi connectivity index (χ1n) is 14.8. The Balaban J connectivity index is 1.41. The SMILES string of the molecule is Cc1cc(C)c(CN2CCc3c(c(C)c4c(c3-c3cccn3C)O[C@](C)([C@H]3CC[C@H](N(C)C)CC3)O4)C2=O)c(=O)[nH]1. The zero-order valence-corrected chi connectivity index (χ0v) is 25.4. The van der Waals surface area contributed by atoms with Crippen LogP contribution >= 0.6 is 0 Å². The molecule has 2 aliphatic heterocycles. The molecule has 0 unspecified atom stereocenters. The summed E-state index contributed by atoms with van der Waals surface area (Å²) < 4.78 is 15.7. The van der Waals surface area contributed by atoms with Gasteiger partial charge in [0, 0.05) is 61.1 Å². The molecule has 8 nitrogen and oxygen atoms in total. The van der Waals surface area contributed by atoms with Crippen LogP contribution in [0.25, 0.3) is 11.3 Å². The second-order valence-electron chi connectivity index (χ2n) is 12.6. The minimum Gasteiger partial charge on any atom is -0.448 e. The molecular formula is C33H42N4O4. The summed E-state index contributed by atoms with van der Waals surface area (Å²) in [6, 6.07) is 6.65. The summed E-state index contributed by atoms with van der Waals surface area (Å²) in [4.78, 5) is 34.0. The number of ether oxygens (including phenoxy) is 2. The van der Waals surface area contributed by atoms with Crippen molar-refractivity contribution in [2.24, 2.45) is 13.0 Å². The number of aromatic nitrogens is 2. The summed E-state index contributed by atoms with van der Waals surface area (Å²) >= 11 is 0. The number of carbonyl (C=O) groups excluding carboxylic acids is 1. The quantitative estimate of drug-likeness (QED) is 0.471. The normalized spacial score (nSPS) is 23.8. The van der Waals surface area contributed by atoms with Crippen LogP contribution in [0.3, 0.4) is 0 Å². The lowest BCUT2D eigenvalue weighted by Gasteiger charge is -2.39. The molecule has 2 aromatic heterocycles. The van der Waals surface area contributed by atoms with E-state index >= 15 is 0 Å². The number of pyridine rings is 1. The van der Waals surface area contributed by atoms with Gasteiger partial charge < -0.3 is 28.8 Å². The predicted octanol–water partition coefficient (Wildman–Crippen LogP) is 5.11. The maximum absolute atomic E-state index is 14.2. The number of hydrogen-bond donors (Lipinski definition) is 1. The van der Waals surface area contributed by atoms with Crippen molar-refractivity contribution < 1.29 is 14.3 Å². The molecule has 0 bridgehead atoms. The first kappa shape index (κ1) is 27.6. The van der Waals surface area contributed by atoms with Gasteiger partial charge in [0.25, 0.3) is 17.3 Å². The lowest BCUT2D eigenvalue weighted by atomic mass is 9.81. The van der Waals surface area contributed by atoms with E-state index in [1.165, 1.54) is 0 Å². The molecule has 3 aliphatic rings. The van der Waals surface area contributed by atoms with E-state index in [1.54, 1.807) is 4.90 Å². The number of nitrogens with one attached hydrogen (secondary N) is 1. The molecule has 1 aliphatic carbocycles. The molecule has 1 amide bonds. The third-order valence-corrected chi connectivity index (χ3v) is 9.71. The Morgan fingerprint density at radius 1 is 1.05 bits per heavy atom. The van der Waals surface area contributed by atoms with E-state index in [0.29, 0.717) is 35.9 Å². The lowest BCUT2D eigenvalue weighted by Crippen LogP contribution is -2.46. The van der Waals surface area contributed by atoms with Crippen molar-refractivity contribution in [1.82, 2.24) is 19.4 Å². The molecule has 1 N–H and O–H groups in total. The standard InChI is InChI=1S/C33H42N4O4/c1-19-17-20(2)34-31(38)25(19)18-37-16-14-24-27(32(37)39)21(3)29-30(28(24)26-9-8-15-36(26)7)41-33(4,40-29)22-10-12-23(13-11-22)35(5)6/h8-9,15,17,22-23H,10-14,16,18H2,1-7H3,(H,34,38)/t22-,23-,33-/m1/s1. The number of H-pyrrole nitrogens is 1. The molecular weight excluding hydrogens is 516 g/mol. The first-order valence-corrected chi connectivity index (χ1v) is 14.8. The number of hydrogen-bond acceptors (Lipinski definition) is 5. The second-order valence-corrected chi connectivity index (χ2v) is 12.6. The molecule has 0 saturated heterocycles. The number of benzene rings is 1. The van der Waals surface area contributed by atoms with Crippen molar-refractivity contribution in [1.29, 1.82) is 0 Å². The lowest BCUT2D eigenvalue weighted by molar-refractivity contribution is -0.123. The van der Waals surface area contributed by atoms with Crippen molar-refractivity contribution in [3.8, 4) is 22.8 Å². The average molecular weight is 559 g/mol. The molecule has 3 aromatic rings. The first-order chi connectivity index (χ1) is 19.5. The second kappa shape index (κ2) is 10.1. The highest BCUT2D eigenvalue weighted by molar-refractivity contribution is 6.02. The van der Waals surface area contributed by atoms with E-state index in [0.717, 1.165) is 65.1 Å². The Morgan fingerprint density at radius 3 is 2.39 bits per heavy atom. The summed E-state index contributed by atoms with van der Waals surface area (Å²) in [5.41, 5.74) is 6.69. The minimum absolute atomic E-state index is 0.0647. The largest absolute Gasteiger partial charge is 0.448 e.